The van der Waals surface area contributed by atoms with Crippen molar-refractivity contribution in [3.05, 3.63) is 11.3 Å². The molecule has 1 unspecified atom stereocenters. The molecular formula is C14H22N4O4S. The number of ether oxygens (including phenoxy) is 1. The first-order chi connectivity index (χ1) is 10.5. The molecule has 1 rings (SSSR count). The van der Waals surface area contributed by atoms with E-state index in [0.29, 0.717) is 10.7 Å². The highest BCUT2D eigenvalue weighted by molar-refractivity contribution is 7.10. The lowest BCUT2D eigenvalue weighted by atomic mass is 10.1. The van der Waals surface area contributed by atoms with Gasteiger partial charge in [0.15, 0.2) is 6.10 Å². The summed E-state index contributed by atoms with van der Waals surface area (Å²) in [7, 11) is 1.66. The van der Waals surface area contributed by atoms with Crippen LogP contribution >= 0.6 is 11.5 Å². The second-order valence-electron chi connectivity index (χ2n) is 5.96. The molecule has 0 aliphatic heterocycles. The Bertz CT molecular complexity index is 606. The maximum atomic E-state index is 12.2. The molecule has 0 spiro atoms. The SMILES string of the molecule is CNc1snc(C)c1C(=O)OC(C)C(=O)NC(=O)NC(C)(C)C. The molecule has 0 aliphatic rings. The van der Waals surface area contributed by atoms with Crippen LogP contribution in [0.3, 0.4) is 0 Å². The number of hydrogen-bond donors (Lipinski definition) is 3. The fraction of sp³-hybridized carbons (Fsp3) is 0.571. The Morgan fingerprint density at radius 3 is 2.39 bits per heavy atom. The van der Waals surface area contributed by atoms with E-state index in [1.54, 1.807) is 34.7 Å². The number of imide groups is 1. The van der Waals surface area contributed by atoms with Gasteiger partial charge < -0.3 is 15.4 Å². The van der Waals surface area contributed by atoms with Gasteiger partial charge in [-0.3, -0.25) is 10.1 Å². The third kappa shape index (κ3) is 5.51. The lowest BCUT2D eigenvalue weighted by molar-refractivity contribution is -0.127. The second-order valence-corrected chi connectivity index (χ2v) is 6.74. The number of aromatic nitrogens is 1. The number of hydrogen-bond acceptors (Lipinski definition) is 7. The monoisotopic (exact) mass is 342 g/mol. The topological polar surface area (TPSA) is 109 Å². The lowest BCUT2D eigenvalue weighted by Gasteiger charge is -2.21. The van der Waals surface area contributed by atoms with E-state index in [-0.39, 0.29) is 5.56 Å². The fourth-order valence-electron chi connectivity index (χ4n) is 1.64. The van der Waals surface area contributed by atoms with Gasteiger partial charge in [-0.2, -0.15) is 4.37 Å². The molecule has 23 heavy (non-hydrogen) atoms. The summed E-state index contributed by atoms with van der Waals surface area (Å²) < 4.78 is 9.17. The van der Waals surface area contributed by atoms with Gasteiger partial charge in [0.25, 0.3) is 5.91 Å². The average molecular weight is 342 g/mol. The summed E-state index contributed by atoms with van der Waals surface area (Å²) >= 11 is 1.13. The first-order valence-electron chi connectivity index (χ1n) is 7.03. The van der Waals surface area contributed by atoms with Crippen LogP contribution in [0.5, 0.6) is 0 Å². The van der Waals surface area contributed by atoms with Crippen LogP contribution < -0.4 is 16.0 Å². The maximum Gasteiger partial charge on any atom is 0.343 e. The van der Waals surface area contributed by atoms with Gasteiger partial charge in [0.1, 0.15) is 10.6 Å². The van der Waals surface area contributed by atoms with E-state index in [2.05, 4.69) is 20.3 Å². The van der Waals surface area contributed by atoms with Crippen LogP contribution in [0.2, 0.25) is 0 Å². The summed E-state index contributed by atoms with van der Waals surface area (Å²) in [6, 6.07) is -0.644. The van der Waals surface area contributed by atoms with Crippen molar-refractivity contribution in [3.8, 4) is 0 Å². The number of amides is 3. The van der Waals surface area contributed by atoms with Gasteiger partial charge in [-0.05, 0) is 46.2 Å². The van der Waals surface area contributed by atoms with Crippen molar-refractivity contribution < 1.29 is 19.1 Å². The third-order valence-corrected chi connectivity index (χ3v) is 3.63. The standard InChI is InChI=1S/C14H22N4O4S/c1-7-9(11(15-6)23-18-7)12(20)22-8(2)10(19)16-13(21)17-14(3,4)5/h8,15H,1-6H3,(H2,16,17,19,21). The van der Waals surface area contributed by atoms with E-state index in [1.165, 1.54) is 6.92 Å². The highest BCUT2D eigenvalue weighted by Gasteiger charge is 2.25. The molecule has 0 aliphatic carbocycles. The van der Waals surface area contributed by atoms with Crippen LogP contribution in [-0.2, 0) is 9.53 Å². The smallest absolute Gasteiger partial charge is 0.343 e. The van der Waals surface area contributed by atoms with Crippen LogP contribution in [0.1, 0.15) is 43.7 Å². The third-order valence-electron chi connectivity index (χ3n) is 2.67. The van der Waals surface area contributed by atoms with Crippen LogP contribution in [0.15, 0.2) is 0 Å². The largest absolute Gasteiger partial charge is 0.449 e. The van der Waals surface area contributed by atoms with Gasteiger partial charge in [-0.15, -0.1) is 0 Å². The van der Waals surface area contributed by atoms with E-state index in [1.807, 2.05) is 0 Å². The summed E-state index contributed by atoms with van der Waals surface area (Å²) in [5.41, 5.74) is 0.324. The molecular weight excluding hydrogens is 320 g/mol. The number of anilines is 1. The Morgan fingerprint density at radius 1 is 1.26 bits per heavy atom. The minimum atomic E-state index is -1.11. The number of carbonyl (C=O) groups excluding carboxylic acids is 3. The molecule has 1 atom stereocenters. The fourth-order valence-corrected chi connectivity index (χ4v) is 2.37. The average Bonchev–Trinajstić information content (AvgIpc) is 2.77. The van der Waals surface area contributed by atoms with Gasteiger partial charge in [0.2, 0.25) is 0 Å². The molecule has 0 radical (unpaired) electrons. The zero-order chi connectivity index (χ0) is 17.8. The summed E-state index contributed by atoms with van der Waals surface area (Å²) in [6.45, 7) is 8.42. The summed E-state index contributed by atoms with van der Waals surface area (Å²) in [5.74, 6) is -1.37. The minimum Gasteiger partial charge on any atom is -0.449 e. The molecule has 128 valence electrons. The number of esters is 1. The molecule has 8 nitrogen and oxygen atoms in total. The molecule has 0 saturated heterocycles. The van der Waals surface area contributed by atoms with Gasteiger partial charge in [0.05, 0.1) is 5.69 Å². The highest BCUT2D eigenvalue weighted by atomic mass is 32.1. The number of rotatable bonds is 4. The van der Waals surface area contributed by atoms with Gasteiger partial charge in [-0.1, -0.05) is 0 Å². The number of nitrogens with zero attached hydrogens (tertiary/aromatic N) is 1. The van der Waals surface area contributed by atoms with Crippen LogP contribution in [-0.4, -0.2) is 41.0 Å². The second kappa shape index (κ2) is 7.40. The highest BCUT2D eigenvalue weighted by Crippen LogP contribution is 2.24. The van der Waals surface area contributed by atoms with Crippen molar-refractivity contribution in [2.45, 2.75) is 46.3 Å². The number of urea groups is 1. The first-order valence-corrected chi connectivity index (χ1v) is 7.80. The van der Waals surface area contributed by atoms with E-state index < -0.39 is 29.6 Å². The van der Waals surface area contributed by atoms with Crippen molar-refractivity contribution in [2.24, 2.45) is 0 Å². The summed E-state index contributed by atoms with van der Waals surface area (Å²) in [5, 5.41) is 8.13. The predicted octanol–water partition coefficient (Wildman–Crippen LogP) is 1.66. The van der Waals surface area contributed by atoms with E-state index >= 15 is 0 Å². The predicted molar refractivity (Wildman–Crippen MR) is 87.7 cm³/mol. The van der Waals surface area contributed by atoms with E-state index in [9.17, 15) is 14.4 Å². The van der Waals surface area contributed by atoms with Crippen molar-refractivity contribution in [1.82, 2.24) is 15.0 Å². The Hall–Kier alpha value is -2.16. The number of aryl methyl sites for hydroxylation is 1. The number of carbonyl (C=O) groups is 3. The molecule has 0 bridgehead atoms. The van der Waals surface area contributed by atoms with Crippen molar-refractivity contribution >= 4 is 34.4 Å². The molecule has 3 amide bonds. The molecule has 0 fully saturated rings. The Balaban J connectivity index is 2.66. The van der Waals surface area contributed by atoms with Crippen molar-refractivity contribution in [1.29, 1.82) is 0 Å². The summed E-state index contributed by atoms with van der Waals surface area (Å²) in [6.07, 6.45) is -1.11. The molecule has 3 N–H and O–H groups in total. The van der Waals surface area contributed by atoms with Crippen molar-refractivity contribution in [3.63, 3.8) is 0 Å². The molecule has 1 heterocycles. The van der Waals surface area contributed by atoms with Crippen LogP contribution in [0, 0.1) is 6.92 Å². The normalized spacial score (nSPS) is 12.3. The van der Waals surface area contributed by atoms with Gasteiger partial charge in [-0.25, -0.2) is 9.59 Å². The van der Waals surface area contributed by atoms with E-state index in [0.717, 1.165) is 11.5 Å². The van der Waals surface area contributed by atoms with Crippen molar-refractivity contribution in [2.75, 3.05) is 12.4 Å². The molecule has 1 aromatic rings. The van der Waals surface area contributed by atoms with Gasteiger partial charge in [0, 0.05) is 12.6 Å². The summed E-state index contributed by atoms with van der Waals surface area (Å²) in [4.78, 5) is 35.7. The zero-order valence-electron chi connectivity index (χ0n) is 14.1. The molecule has 0 aromatic carbocycles. The first kappa shape index (κ1) is 18.9. The lowest BCUT2D eigenvalue weighted by Crippen LogP contribution is -2.50. The number of nitrogens with one attached hydrogen (secondary N) is 3. The van der Waals surface area contributed by atoms with E-state index in [4.69, 9.17) is 4.74 Å². The minimum absolute atomic E-state index is 0.288. The Kier molecular flexibility index (Phi) is 6.08. The van der Waals surface area contributed by atoms with Crippen LogP contribution in [0.25, 0.3) is 0 Å². The van der Waals surface area contributed by atoms with Crippen LogP contribution in [0.4, 0.5) is 9.80 Å². The molecule has 9 heteroatoms. The zero-order valence-corrected chi connectivity index (χ0v) is 14.9. The Morgan fingerprint density at radius 2 is 1.87 bits per heavy atom. The quantitative estimate of drug-likeness (QED) is 0.718. The van der Waals surface area contributed by atoms with Gasteiger partial charge >= 0.3 is 12.0 Å². The maximum absolute atomic E-state index is 12.2. The molecule has 1 aromatic heterocycles. The Labute approximate surface area is 139 Å². The molecule has 0 saturated carbocycles.